The van der Waals surface area contributed by atoms with E-state index in [4.69, 9.17) is 0 Å². The molecule has 0 bridgehead atoms. The highest BCUT2D eigenvalue weighted by atomic mass is 35.5. The molecule has 2 rings (SSSR count). The van der Waals surface area contributed by atoms with E-state index >= 15 is 0 Å². The first-order valence-corrected chi connectivity index (χ1v) is 7.26. The van der Waals surface area contributed by atoms with E-state index in [0.717, 1.165) is 51.2 Å². The molecule has 0 aromatic rings. The second-order valence-corrected chi connectivity index (χ2v) is 5.74. The van der Waals surface area contributed by atoms with Crippen molar-refractivity contribution in [3.8, 4) is 0 Å². The van der Waals surface area contributed by atoms with Gasteiger partial charge in [-0.15, -0.1) is 12.4 Å². The van der Waals surface area contributed by atoms with E-state index in [1.54, 1.807) is 0 Å². The maximum absolute atomic E-state index is 12.2. The molecule has 18 heavy (non-hydrogen) atoms. The van der Waals surface area contributed by atoms with Gasteiger partial charge >= 0.3 is 0 Å². The zero-order valence-electron chi connectivity index (χ0n) is 11.5. The summed E-state index contributed by atoms with van der Waals surface area (Å²) in [6, 6.07) is 0. The first kappa shape index (κ1) is 15.8. The molecule has 1 amide bonds. The first-order chi connectivity index (χ1) is 8.27. The van der Waals surface area contributed by atoms with Crippen LogP contribution in [0.1, 0.15) is 51.9 Å². The molecule has 0 aromatic heterocycles. The van der Waals surface area contributed by atoms with Gasteiger partial charge in [0.1, 0.15) is 0 Å². The summed E-state index contributed by atoms with van der Waals surface area (Å²) in [4.78, 5) is 12.2. The van der Waals surface area contributed by atoms with E-state index in [2.05, 4.69) is 17.6 Å². The van der Waals surface area contributed by atoms with Crippen molar-refractivity contribution in [2.45, 2.75) is 51.9 Å². The molecular formula is C14H27ClN2O. The van der Waals surface area contributed by atoms with Crippen molar-refractivity contribution in [1.29, 1.82) is 0 Å². The summed E-state index contributed by atoms with van der Waals surface area (Å²) >= 11 is 0. The monoisotopic (exact) mass is 274 g/mol. The number of nitrogens with one attached hydrogen (secondary N) is 2. The lowest BCUT2D eigenvalue weighted by atomic mass is 9.82. The molecule has 0 radical (unpaired) electrons. The normalized spacial score (nSPS) is 25.7. The fourth-order valence-corrected chi connectivity index (χ4v) is 3.33. The van der Waals surface area contributed by atoms with Crippen LogP contribution in [-0.4, -0.2) is 25.5 Å². The number of amides is 1. The molecule has 0 aromatic carbocycles. The summed E-state index contributed by atoms with van der Waals surface area (Å²) < 4.78 is 0. The van der Waals surface area contributed by atoms with Gasteiger partial charge in [-0.3, -0.25) is 4.79 Å². The van der Waals surface area contributed by atoms with Gasteiger partial charge in [0.05, 0.1) is 0 Å². The minimum Gasteiger partial charge on any atom is -0.356 e. The van der Waals surface area contributed by atoms with Crippen molar-refractivity contribution in [2.24, 2.45) is 11.3 Å². The van der Waals surface area contributed by atoms with Crippen LogP contribution in [0.2, 0.25) is 0 Å². The fourth-order valence-electron chi connectivity index (χ4n) is 3.33. The summed E-state index contributed by atoms with van der Waals surface area (Å²) in [5.74, 6) is 1.10. The minimum absolute atomic E-state index is 0. The molecule has 0 spiro atoms. The standard InChI is InChI=1S/C14H26N2O.ClH/c1-2-14(7-3-4-8-14)13(17)16-10-6-12-5-9-15-11-12;/h12,15H,2-11H2,1H3,(H,16,17);1H. The van der Waals surface area contributed by atoms with Gasteiger partial charge in [0.2, 0.25) is 5.91 Å². The van der Waals surface area contributed by atoms with Gasteiger partial charge in [0.25, 0.3) is 0 Å². The van der Waals surface area contributed by atoms with Gasteiger partial charge in [-0.05, 0) is 51.1 Å². The Morgan fingerprint density at radius 3 is 2.67 bits per heavy atom. The van der Waals surface area contributed by atoms with Gasteiger partial charge in [-0.25, -0.2) is 0 Å². The summed E-state index contributed by atoms with van der Waals surface area (Å²) in [5.41, 5.74) is -0.0199. The lowest BCUT2D eigenvalue weighted by Crippen LogP contribution is -2.39. The van der Waals surface area contributed by atoms with Crippen LogP contribution >= 0.6 is 12.4 Å². The Morgan fingerprint density at radius 2 is 2.11 bits per heavy atom. The third-order valence-corrected chi connectivity index (χ3v) is 4.72. The first-order valence-electron chi connectivity index (χ1n) is 7.26. The average Bonchev–Trinajstić information content (AvgIpc) is 3.00. The van der Waals surface area contributed by atoms with Crippen LogP contribution in [0.5, 0.6) is 0 Å². The van der Waals surface area contributed by atoms with Gasteiger partial charge in [-0.2, -0.15) is 0 Å². The molecule has 3 nitrogen and oxygen atoms in total. The van der Waals surface area contributed by atoms with E-state index in [-0.39, 0.29) is 17.8 Å². The van der Waals surface area contributed by atoms with Crippen LogP contribution < -0.4 is 10.6 Å². The largest absolute Gasteiger partial charge is 0.356 e. The zero-order valence-corrected chi connectivity index (χ0v) is 12.3. The Balaban J connectivity index is 0.00000162. The maximum Gasteiger partial charge on any atom is 0.226 e. The molecule has 1 aliphatic carbocycles. The lowest BCUT2D eigenvalue weighted by Gasteiger charge is -2.26. The molecular weight excluding hydrogens is 248 g/mol. The van der Waals surface area contributed by atoms with Crippen molar-refractivity contribution in [3.63, 3.8) is 0 Å². The lowest BCUT2D eigenvalue weighted by molar-refractivity contribution is -0.131. The quantitative estimate of drug-likeness (QED) is 0.809. The highest BCUT2D eigenvalue weighted by molar-refractivity contribution is 5.85. The smallest absolute Gasteiger partial charge is 0.226 e. The number of carbonyl (C=O) groups excluding carboxylic acids is 1. The van der Waals surface area contributed by atoms with Gasteiger partial charge < -0.3 is 10.6 Å². The molecule has 2 N–H and O–H groups in total. The summed E-state index contributed by atoms with van der Waals surface area (Å²) in [7, 11) is 0. The van der Waals surface area contributed by atoms with Crippen LogP contribution in [0.3, 0.4) is 0 Å². The summed E-state index contributed by atoms with van der Waals surface area (Å²) in [6.45, 7) is 5.31. The summed E-state index contributed by atoms with van der Waals surface area (Å²) in [6.07, 6.45) is 8.07. The van der Waals surface area contributed by atoms with Crippen LogP contribution in [0.4, 0.5) is 0 Å². The Bertz CT molecular complexity index is 259. The van der Waals surface area contributed by atoms with Gasteiger partial charge in [0, 0.05) is 12.0 Å². The Morgan fingerprint density at radius 1 is 1.39 bits per heavy atom. The maximum atomic E-state index is 12.2. The van der Waals surface area contributed by atoms with Crippen LogP contribution in [-0.2, 0) is 4.79 Å². The van der Waals surface area contributed by atoms with Crippen molar-refractivity contribution in [1.82, 2.24) is 10.6 Å². The predicted octanol–water partition coefficient (Wildman–Crippen LogP) is 2.49. The van der Waals surface area contributed by atoms with E-state index < -0.39 is 0 Å². The van der Waals surface area contributed by atoms with Crippen LogP contribution in [0.25, 0.3) is 0 Å². The SMILES string of the molecule is CCC1(C(=O)NCCC2CCNC2)CCCC1.Cl. The highest BCUT2D eigenvalue weighted by Crippen LogP contribution is 2.41. The molecule has 1 aliphatic heterocycles. The molecule has 1 saturated carbocycles. The Kier molecular flexibility index (Phi) is 6.44. The fraction of sp³-hybridized carbons (Fsp3) is 0.929. The van der Waals surface area contributed by atoms with Crippen LogP contribution in [0.15, 0.2) is 0 Å². The predicted molar refractivity (Wildman–Crippen MR) is 77.0 cm³/mol. The van der Waals surface area contributed by atoms with E-state index in [9.17, 15) is 4.79 Å². The van der Waals surface area contributed by atoms with Crippen molar-refractivity contribution < 1.29 is 4.79 Å². The molecule has 1 heterocycles. The number of rotatable bonds is 5. The molecule has 2 fully saturated rings. The zero-order chi connectivity index (χ0) is 12.1. The van der Waals surface area contributed by atoms with Crippen molar-refractivity contribution in [2.75, 3.05) is 19.6 Å². The topological polar surface area (TPSA) is 41.1 Å². The number of halogens is 1. The molecule has 106 valence electrons. The second-order valence-electron chi connectivity index (χ2n) is 5.74. The van der Waals surface area contributed by atoms with Crippen LogP contribution in [0, 0.1) is 11.3 Å². The number of hydrogen-bond donors (Lipinski definition) is 2. The molecule has 2 aliphatic rings. The van der Waals surface area contributed by atoms with E-state index in [1.807, 2.05) is 0 Å². The van der Waals surface area contributed by atoms with E-state index in [1.165, 1.54) is 19.3 Å². The van der Waals surface area contributed by atoms with Gasteiger partial charge in [0.15, 0.2) is 0 Å². The Labute approximate surface area is 117 Å². The van der Waals surface area contributed by atoms with E-state index in [0.29, 0.717) is 5.91 Å². The second kappa shape index (κ2) is 7.34. The summed E-state index contributed by atoms with van der Waals surface area (Å²) in [5, 5.41) is 6.55. The molecule has 1 saturated heterocycles. The third kappa shape index (κ3) is 3.61. The minimum atomic E-state index is -0.0199. The number of hydrogen-bond acceptors (Lipinski definition) is 2. The molecule has 1 unspecified atom stereocenters. The molecule has 4 heteroatoms. The number of carbonyl (C=O) groups is 1. The van der Waals surface area contributed by atoms with Crippen molar-refractivity contribution >= 4 is 18.3 Å². The van der Waals surface area contributed by atoms with Crippen molar-refractivity contribution in [3.05, 3.63) is 0 Å². The third-order valence-electron chi connectivity index (χ3n) is 4.72. The average molecular weight is 275 g/mol. The molecule has 1 atom stereocenters. The highest BCUT2D eigenvalue weighted by Gasteiger charge is 2.38. The van der Waals surface area contributed by atoms with Gasteiger partial charge in [-0.1, -0.05) is 19.8 Å². The Hall–Kier alpha value is -0.280.